The van der Waals surface area contributed by atoms with E-state index in [1.54, 1.807) is 121 Å². The molecule has 0 aliphatic heterocycles. The van der Waals surface area contributed by atoms with Crippen molar-refractivity contribution in [2.24, 2.45) is 0 Å². The van der Waals surface area contributed by atoms with Crippen LogP contribution in [0.25, 0.3) is 22.3 Å². The highest BCUT2D eigenvalue weighted by atomic mass is 16.6. The average Bonchev–Trinajstić information content (AvgIpc) is 0.825. The number of aromatic carboxylic acids is 1. The Morgan fingerprint density at radius 1 is 0.250 bits per heavy atom. The monoisotopic (exact) mass is 1510 g/mol. The zero-order valence-corrected chi connectivity index (χ0v) is 63.3. The highest BCUT2D eigenvalue weighted by Crippen LogP contribution is 2.29. The largest absolute Gasteiger partial charge is 0.494 e. The first-order valence-corrected chi connectivity index (χ1v) is 38.9. The summed E-state index contributed by atoms with van der Waals surface area (Å²) < 4.78 is 51.5. The highest BCUT2D eigenvalue weighted by Gasteiger charge is 2.20. The Morgan fingerprint density at radius 2 is 0.509 bits per heavy atom. The number of hydrogen-bond donors (Lipinski definition) is 1. The van der Waals surface area contributed by atoms with Gasteiger partial charge in [-0.3, -0.25) is 4.79 Å². The molecule has 19 heteroatoms. The summed E-state index contributed by atoms with van der Waals surface area (Å²) in [5, 5.41) is 27.2. The van der Waals surface area contributed by atoms with Gasteiger partial charge in [-0.2, -0.15) is 10.5 Å². The summed E-state index contributed by atoms with van der Waals surface area (Å²) in [6.07, 6.45) is 22.9. The number of nitrogens with zero attached hydrogens (tertiary/aromatic N) is 2. The van der Waals surface area contributed by atoms with Gasteiger partial charge in [0.15, 0.2) is 0 Å². The molecule has 0 bridgehead atoms. The second-order valence-corrected chi connectivity index (χ2v) is 27.3. The van der Waals surface area contributed by atoms with Crippen LogP contribution >= 0.6 is 0 Å². The van der Waals surface area contributed by atoms with Gasteiger partial charge in [-0.1, -0.05) is 164 Å². The average molecular weight is 1510 g/mol. The number of rotatable bonds is 48. The molecule has 0 amide bonds. The Morgan fingerprint density at radius 3 is 0.830 bits per heavy atom. The molecule has 112 heavy (non-hydrogen) atoms. The third kappa shape index (κ3) is 29.6. The molecule has 1 N–H and O–H groups in total. The number of ether oxygens (including phenoxy) is 9. The van der Waals surface area contributed by atoms with Crippen LogP contribution in [0.2, 0.25) is 0 Å². The molecule has 0 atom stereocenters. The fourth-order valence-corrected chi connectivity index (χ4v) is 12.2. The lowest BCUT2D eigenvalue weighted by molar-refractivity contribution is -0.134. The summed E-state index contributed by atoms with van der Waals surface area (Å²) in [5.74, 6) is -1.24. The summed E-state index contributed by atoms with van der Waals surface area (Å²) >= 11 is 0. The number of nitriles is 2. The molecular formula is C93H96N2O17. The minimum atomic E-state index is -1.04. The predicted octanol–water partition coefficient (Wildman–Crippen LogP) is 21.3. The number of carboxylic acid groups (broad SMARTS) is 1. The zero-order valence-electron chi connectivity index (χ0n) is 63.3. The van der Waals surface area contributed by atoms with Crippen molar-refractivity contribution in [2.45, 2.75) is 161 Å². The molecule has 0 fully saturated rings. The molecule has 0 heterocycles. The van der Waals surface area contributed by atoms with Crippen molar-refractivity contribution in [3.05, 3.63) is 257 Å². The molecule has 0 aliphatic rings. The molecular weight excluding hydrogens is 1420 g/mol. The molecule has 9 aromatic rings. The van der Waals surface area contributed by atoms with Crippen molar-refractivity contribution < 1.29 is 81.3 Å². The first-order chi connectivity index (χ1) is 54.7. The summed E-state index contributed by atoms with van der Waals surface area (Å²) in [4.78, 5) is 89.7. The summed E-state index contributed by atoms with van der Waals surface area (Å²) in [6.45, 7) is 1.94. The summed E-state index contributed by atoms with van der Waals surface area (Å²) in [7, 11) is 0. The van der Waals surface area contributed by atoms with E-state index < -0.39 is 35.8 Å². The molecule has 0 aromatic heterocycles. The number of carbonyl (C=O) groups is 7. The minimum Gasteiger partial charge on any atom is -0.494 e. The Kier molecular flexibility index (Phi) is 35.0. The van der Waals surface area contributed by atoms with E-state index in [2.05, 4.69) is 12.1 Å². The van der Waals surface area contributed by atoms with E-state index in [9.17, 15) is 33.6 Å². The van der Waals surface area contributed by atoms with Crippen LogP contribution in [0.1, 0.15) is 234 Å². The van der Waals surface area contributed by atoms with Gasteiger partial charge < -0.3 is 47.7 Å². The van der Waals surface area contributed by atoms with Crippen molar-refractivity contribution >= 4 is 41.8 Å². The maximum absolute atomic E-state index is 13.6. The maximum Gasteiger partial charge on any atom is 0.343 e. The number of carboxylic acids is 1. The second-order valence-electron chi connectivity index (χ2n) is 27.3. The highest BCUT2D eigenvalue weighted by molar-refractivity contribution is 5.98. The third-order valence-electron chi connectivity index (χ3n) is 18.6. The van der Waals surface area contributed by atoms with Crippen molar-refractivity contribution in [2.75, 3.05) is 33.0 Å². The van der Waals surface area contributed by atoms with E-state index >= 15 is 0 Å². The lowest BCUT2D eigenvalue weighted by Crippen LogP contribution is -2.13. The quantitative estimate of drug-likeness (QED) is 0.0211. The van der Waals surface area contributed by atoms with Crippen LogP contribution in [-0.4, -0.2) is 79.9 Å². The molecule has 0 radical (unpaired) electrons. The van der Waals surface area contributed by atoms with Crippen molar-refractivity contribution in [3.63, 3.8) is 0 Å². The van der Waals surface area contributed by atoms with Gasteiger partial charge in [-0.05, 0) is 225 Å². The third-order valence-corrected chi connectivity index (χ3v) is 18.6. The van der Waals surface area contributed by atoms with Gasteiger partial charge in [0.2, 0.25) is 0 Å². The van der Waals surface area contributed by atoms with Gasteiger partial charge in [-0.25, -0.2) is 28.8 Å². The minimum absolute atomic E-state index is 0.0147. The molecule has 0 unspecified atom stereocenters. The SMILES string of the molecule is N#Cc1ccc(-c2ccc(OC(=O)c3ccc(OCCCCCCCCCCOC(=O)c4cc(OC(=O)c5ccc(OCCCCCCCCCCC(=O)Oc6ccc(C(=O)O)cc6)cc5)cc(C(=O)OCCCCCCCCCCOc5ccc(C(=O)Oc6ccc(-c7ccc(C#N)cc7)cc6)cc5)c4)cc3)cc2)cc1. The first kappa shape index (κ1) is 83.7. The molecule has 0 spiro atoms. The Balaban J connectivity index is 0.637. The van der Waals surface area contributed by atoms with Gasteiger partial charge >= 0.3 is 41.8 Å². The molecule has 580 valence electrons. The molecule has 0 saturated carbocycles. The topological polar surface area (TPSA) is 270 Å². The van der Waals surface area contributed by atoms with Crippen molar-refractivity contribution in [3.8, 4) is 74.6 Å². The molecule has 9 aromatic carbocycles. The number of carbonyl (C=O) groups excluding carboxylic acids is 6. The molecule has 0 saturated heterocycles. The Bertz CT molecular complexity index is 4320. The smallest absolute Gasteiger partial charge is 0.343 e. The maximum atomic E-state index is 13.6. The first-order valence-electron chi connectivity index (χ1n) is 38.9. The predicted molar refractivity (Wildman–Crippen MR) is 425 cm³/mol. The van der Waals surface area contributed by atoms with Gasteiger partial charge in [0.05, 0.1) is 89.7 Å². The fraction of sp³-hybridized carbons (Fsp3) is 0.323. The van der Waals surface area contributed by atoms with E-state index in [1.165, 1.54) is 42.5 Å². The van der Waals surface area contributed by atoms with E-state index in [1.807, 2.05) is 48.5 Å². The molecule has 19 nitrogen and oxygen atoms in total. The summed E-state index contributed by atoms with van der Waals surface area (Å²) in [5.41, 5.74) is 6.24. The van der Waals surface area contributed by atoms with E-state index in [0.29, 0.717) is 95.8 Å². The van der Waals surface area contributed by atoms with Crippen LogP contribution in [0.3, 0.4) is 0 Å². The summed E-state index contributed by atoms with van der Waals surface area (Å²) in [6, 6.07) is 63.5. The van der Waals surface area contributed by atoms with E-state index in [0.717, 1.165) is 164 Å². The number of esters is 6. The lowest BCUT2D eigenvalue weighted by Gasteiger charge is -2.11. The van der Waals surface area contributed by atoms with Crippen LogP contribution in [-0.2, 0) is 14.3 Å². The van der Waals surface area contributed by atoms with Crippen LogP contribution < -0.4 is 33.2 Å². The second kappa shape index (κ2) is 46.9. The molecule has 9 rings (SSSR count). The van der Waals surface area contributed by atoms with Gasteiger partial charge in [-0.15, -0.1) is 0 Å². The standard InChI is InChI=1S/C93H96N2O17/c94-66-68-26-30-70(31-27-68)72-34-52-84(53-35-72)110-91(101)75-40-46-80(47-41-75)104-59-21-15-9-3-5-11-17-23-61-107-89(99)78-63-79(65-86(64-78)112-93(103)77-44-50-82(51-45-77)106-58-20-14-8-2-1-7-13-19-25-87(96)109-83-56-38-74(39-57-83)88(97)98)90(100)108-62-24-18-12-6-4-10-16-22-60-105-81-48-42-76(43-49-81)92(102)111-85-54-36-73(37-55-85)71-32-28-69(67-95)29-33-71/h26-57,63-65H,1-25,58-62H2,(H,97,98). The van der Waals surface area contributed by atoms with Crippen LogP contribution in [0.15, 0.2) is 212 Å². The van der Waals surface area contributed by atoms with Crippen molar-refractivity contribution in [1.82, 2.24) is 0 Å². The van der Waals surface area contributed by atoms with Gasteiger partial charge in [0, 0.05) is 6.42 Å². The zero-order chi connectivity index (χ0) is 78.8. The van der Waals surface area contributed by atoms with Crippen LogP contribution in [0.4, 0.5) is 0 Å². The van der Waals surface area contributed by atoms with Crippen molar-refractivity contribution in [1.29, 1.82) is 10.5 Å². The fourth-order valence-electron chi connectivity index (χ4n) is 12.2. The van der Waals surface area contributed by atoms with E-state index in [-0.39, 0.29) is 47.2 Å². The normalized spacial score (nSPS) is 10.8. The van der Waals surface area contributed by atoms with Gasteiger partial charge in [0.1, 0.15) is 40.2 Å². The molecule has 0 aliphatic carbocycles. The van der Waals surface area contributed by atoms with E-state index in [4.69, 9.17) is 58.3 Å². The number of hydrogen-bond acceptors (Lipinski definition) is 18. The number of benzene rings is 9. The lowest BCUT2D eigenvalue weighted by atomic mass is 10.0. The Labute approximate surface area is 655 Å². The van der Waals surface area contributed by atoms with Crippen LogP contribution in [0, 0.1) is 22.7 Å². The van der Waals surface area contributed by atoms with Gasteiger partial charge in [0.25, 0.3) is 0 Å². The Hall–Kier alpha value is -12.4. The van der Waals surface area contributed by atoms with Crippen LogP contribution in [0.5, 0.6) is 40.2 Å². The number of unbranched alkanes of at least 4 members (excludes halogenated alkanes) is 21.